The lowest BCUT2D eigenvalue weighted by atomic mass is 10.0. The largest absolute Gasteiger partial charge is 0.381 e. The van der Waals surface area contributed by atoms with Crippen molar-refractivity contribution in [2.24, 2.45) is 4.99 Å². The highest BCUT2D eigenvalue weighted by Crippen LogP contribution is 2.29. The number of rotatable bonds is 3. The summed E-state index contributed by atoms with van der Waals surface area (Å²) in [6, 6.07) is 4.43. The summed E-state index contributed by atoms with van der Waals surface area (Å²) < 4.78 is 5.45. The van der Waals surface area contributed by atoms with E-state index in [1.165, 1.54) is 5.56 Å². The predicted octanol–water partition coefficient (Wildman–Crippen LogP) is 2.43. The lowest BCUT2D eigenvalue weighted by Gasteiger charge is -2.24. The van der Waals surface area contributed by atoms with Crippen LogP contribution in [0.3, 0.4) is 0 Å². The Morgan fingerprint density at radius 1 is 1.17 bits per heavy atom. The molecule has 2 aromatic heterocycles. The number of pyridine rings is 1. The lowest BCUT2D eigenvalue weighted by Crippen LogP contribution is -2.29. The molecular formula is C18H21N5O. The summed E-state index contributed by atoms with van der Waals surface area (Å²) in [7, 11) is 0. The number of nitrogens with zero attached hydrogens (tertiary/aromatic N) is 4. The van der Waals surface area contributed by atoms with Crippen molar-refractivity contribution >= 4 is 11.5 Å². The molecule has 0 aliphatic carbocycles. The summed E-state index contributed by atoms with van der Waals surface area (Å²) in [5.41, 5.74) is 5.03. The molecule has 0 unspecified atom stereocenters. The van der Waals surface area contributed by atoms with Crippen molar-refractivity contribution in [1.82, 2.24) is 15.0 Å². The van der Waals surface area contributed by atoms with Crippen LogP contribution in [0.15, 0.2) is 23.3 Å². The van der Waals surface area contributed by atoms with E-state index in [1.807, 2.05) is 32.2 Å². The Kier molecular flexibility index (Phi) is 3.98. The summed E-state index contributed by atoms with van der Waals surface area (Å²) in [5.74, 6) is 1.67. The van der Waals surface area contributed by atoms with Crippen LogP contribution in [0.2, 0.25) is 0 Å². The fourth-order valence-electron chi connectivity index (χ4n) is 3.33. The number of aryl methyl sites for hydroxylation is 2. The zero-order valence-electron chi connectivity index (χ0n) is 14.0. The number of hydrogen-bond acceptors (Lipinski definition) is 6. The van der Waals surface area contributed by atoms with E-state index in [1.54, 1.807) is 0 Å². The molecule has 0 bridgehead atoms. The third-order valence-electron chi connectivity index (χ3n) is 4.45. The van der Waals surface area contributed by atoms with Crippen molar-refractivity contribution in [2.75, 3.05) is 18.5 Å². The van der Waals surface area contributed by atoms with E-state index in [0.717, 1.165) is 60.4 Å². The van der Waals surface area contributed by atoms with Crippen molar-refractivity contribution < 1.29 is 4.74 Å². The van der Waals surface area contributed by atoms with Gasteiger partial charge in [0, 0.05) is 36.7 Å². The first-order chi connectivity index (χ1) is 11.7. The molecule has 1 N–H and O–H groups in total. The molecule has 24 heavy (non-hydrogen) atoms. The van der Waals surface area contributed by atoms with E-state index in [2.05, 4.69) is 20.3 Å². The fourth-order valence-corrected chi connectivity index (χ4v) is 3.33. The Hall–Kier alpha value is -2.34. The number of anilines is 1. The van der Waals surface area contributed by atoms with Gasteiger partial charge in [0.15, 0.2) is 0 Å². The Balaban J connectivity index is 1.70. The van der Waals surface area contributed by atoms with Crippen molar-refractivity contribution in [3.8, 4) is 0 Å². The van der Waals surface area contributed by atoms with Crippen LogP contribution in [-0.2, 0) is 11.3 Å². The van der Waals surface area contributed by atoms with Gasteiger partial charge in [0.25, 0.3) is 0 Å². The van der Waals surface area contributed by atoms with Gasteiger partial charge in [-0.25, -0.2) is 15.0 Å². The number of ether oxygens (including phenoxy) is 1. The first-order valence-electron chi connectivity index (χ1n) is 8.40. The zero-order valence-corrected chi connectivity index (χ0v) is 14.0. The predicted molar refractivity (Wildman–Crippen MR) is 92.5 cm³/mol. The van der Waals surface area contributed by atoms with E-state index in [9.17, 15) is 0 Å². The van der Waals surface area contributed by atoms with Gasteiger partial charge in [0.2, 0.25) is 0 Å². The van der Waals surface area contributed by atoms with Gasteiger partial charge in [-0.1, -0.05) is 0 Å². The Morgan fingerprint density at radius 3 is 2.79 bits per heavy atom. The van der Waals surface area contributed by atoms with Crippen LogP contribution < -0.4 is 5.32 Å². The Labute approximate surface area is 141 Å². The Morgan fingerprint density at radius 2 is 2.00 bits per heavy atom. The average Bonchev–Trinajstić information content (AvgIpc) is 3.00. The molecule has 0 radical (unpaired) electrons. The van der Waals surface area contributed by atoms with Crippen LogP contribution in [0.4, 0.5) is 5.82 Å². The van der Waals surface area contributed by atoms with Gasteiger partial charge in [0.1, 0.15) is 11.6 Å². The van der Waals surface area contributed by atoms with E-state index in [0.29, 0.717) is 12.6 Å². The second-order valence-corrected chi connectivity index (χ2v) is 6.33. The number of aliphatic imine (C=N–C) groups is 1. The molecule has 0 aromatic carbocycles. The monoisotopic (exact) mass is 323 g/mol. The molecule has 1 saturated heterocycles. The minimum atomic E-state index is 0.397. The van der Waals surface area contributed by atoms with Crippen molar-refractivity contribution in [3.63, 3.8) is 0 Å². The summed E-state index contributed by atoms with van der Waals surface area (Å²) in [5, 5.41) is 3.59. The third-order valence-corrected chi connectivity index (χ3v) is 4.45. The minimum Gasteiger partial charge on any atom is -0.381 e. The van der Waals surface area contributed by atoms with E-state index < -0.39 is 0 Å². The molecule has 2 aliphatic heterocycles. The number of hydrogen-bond donors (Lipinski definition) is 1. The molecule has 0 atom stereocenters. The maximum absolute atomic E-state index is 5.45. The molecule has 6 heteroatoms. The fraction of sp³-hybridized carbons (Fsp3) is 0.444. The second-order valence-electron chi connectivity index (χ2n) is 6.33. The molecule has 6 nitrogen and oxygen atoms in total. The van der Waals surface area contributed by atoms with Crippen molar-refractivity contribution in [1.29, 1.82) is 0 Å². The highest BCUT2D eigenvalue weighted by molar-refractivity contribution is 6.16. The minimum absolute atomic E-state index is 0.397. The normalized spacial score (nSPS) is 17.5. The highest BCUT2D eigenvalue weighted by Gasteiger charge is 2.25. The van der Waals surface area contributed by atoms with Gasteiger partial charge in [-0.2, -0.15) is 0 Å². The van der Waals surface area contributed by atoms with Gasteiger partial charge < -0.3 is 10.1 Å². The van der Waals surface area contributed by atoms with E-state index in [4.69, 9.17) is 9.73 Å². The van der Waals surface area contributed by atoms with Crippen LogP contribution in [-0.4, -0.2) is 39.9 Å². The smallest absolute Gasteiger partial charge is 0.136 e. The summed E-state index contributed by atoms with van der Waals surface area (Å²) in [6.45, 7) is 6.18. The van der Waals surface area contributed by atoms with Gasteiger partial charge in [-0.3, -0.25) is 4.99 Å². The van der Waals surface area contributed by atoms with Crippen LogP contribution in [0.1, 0.15) is 41.2 Å². The first kappa shape index (κ1) is 15.2. The standard InChI is InChI=1S/C18H21N5O/c1-11-9-15(22-12(2)21-11)17-16-13(10-20-17)3-6-19-18(16)23-14-4-7-24-8-5-14/h3,6,9,14H,4-5,7-8,10H2,1-2H3,(H,19,23). The van der Waals surface area contributed by atoms with Gasteiger partial charge in [-0.15, -0.1) is 0 Å². The molecule has 0 saturated carbocycles. The number of fused-ring (bicyclic) bond motifs is 1. The molecule has 4 rings (SSSR count). The van der Waals surface area contributed by atoms with Gasteiger partial charge >= 0.3 is 0 Å². The second kappa shape index (κ2) is 6.28. The van der Waals surface area contributed by atoms with Crippen molar-refractivity contribution in [2.45, 2.75) is 39.3 Å². The molecule has 0 amide bonds. The van der Waals surface area contributed by atoms with Crippen LogP contribution in [0.25, 0.3) is 0 Å². The third kappa shape index (κ3) is 2.89. The van der Waals surface area contributed by atoms with E-state index >= 15 is 0 Å². The topological polar surface area (TPSA) is 72.3 Å². The molecule has 1 fully saturated rings. The van der Waals surface area contributed by atoms with Gasteiger partial charge in [-0.05, 0) is 44.4 Å². The average molecular weight is 323 g/mol. The quantitative estimate of drug-likeness (QED) is 0.939. The molecular weight excluding hydrogens is 302 g/mol. The summed E-state index contributed by atoms with van der Waals surface area (Å²) in [4.78, 5) is 18.3. The Bertz CT molecular complexity index is 776. The first-order valence-corrected chi connectivity index (χ1v) is 8.40. The SMILES string of the molecule is Cc1cc(C2=NCc3ccnc(NC4CCOCC4)c32)nc(C)n1. The molecule has 2 aliphatic rings. The van der Waals surface area contributed by atoms with Gasteiger partial charge in [0.05, 0.1) is 18.0 Å². The molecule has 2 aromatic rings. The molecule has 4 heterocycles. The summed E-state index contributed by atoms with van der Waals surface area (Å²) in [6.07, 6.45) is 3.86. The summed E-state index contributed by atoms with van der Waals surface area (Å²) >= 11 is 0. The maximum Gasteiger partial charge on any atom is 0.136 e. The maximum atomic E-state index is 5.45. The molecule has 0 spiro atoms. The lowest BCUT2D eigenvalue weighted by molar-refractivity contribution is 0.0904. The number of nitrogens with one attached hydrogen (secondary N) is 1. The zero-order chi connectivity index (χ0) is 16.5. The van der Waals surface area contributed by atoms with E-state index in [-0.39, 0.29) is 0 Å². The molecule has 124 valence electrons. The van der Waals surface area contributed by atoms with Crippen molar-refractivity contribution in [3.05, 3.63) is 46.7 Å². The number of aromatic nitrogens is 3. The van der Waals surface area contributed by atoms with Crippen LogP contribution in [0, 0.1) is 13.8 Å². The van der Waals surface area contributed by atoms with Crippen LogP contribution >= 0.6 is 0 Å². The van der Waals surface area contributed by atoms with Crippen LogP contribution in [0.5, 0.6) is 0 Å². The highest BCUT2D eigenvalue weighted by atomic mass is 16.5.